The summed E-state index contributed by atoms with van der Waals surface area (Å²) in [5.74, 6) is 0.660. The van der Waals surface area contributed by atoms with Crippen LogP contribution in [0, 0.1) is 11.3 Å². The molecule has 0 aliphatic carbocycles. The van der Waals surface area contributed by atoms with Crippen molar-refractivity contribution >= 4 is 5.91 Å². The van der Waals surface area contributed by atoms with Crippen LogP contribution in [0.5, 0.6) is 0 Å². The molecule has 0 unspecified atom stereocenters. The van der Waals surface area contributed by atoms with Crippen molar-refractivity contribution in [3.63, 3.8) is 0 Å². The van der Waals surface area contributed by atoms with Gasteiger partial charge in [-0.25, -0.2) is 0 Å². The Morgan fingerprint density at radius 3 is 2.62 bits per heavy atom. The van der Waals surface area contributed by atoms with E-state index in [-0.39, 0.29) is 11.3 Å². The number of benzene rings is 1. The van der Waals surface area contributed by atoms with Gasteiger partial charge in [0.2, 0.25) is 5.91 Å². The normalized spacial score (nSPS) is 22.8. The summed E-state index contributed by atoms with van der Waals surface area (Å²) < 4.78 is 11.3. The number of hydrogen-bond donors (Lipinski definition) is 0. The topological polar surface area (TPSA) is 42.0 Å². The SMILES string of the molecule is COC[C@@H]1CN(C(C)=O)CC12CCN(CCOCc1ccccc1)CC2. The first-order valence-corrected chi connectivity index (χ1v) is 9.71. The largest absolute Gasteiger partial charge is 0.384 e. The van der Waals surface area contributed by atoms with Gasteiger partial charge < -0.3 is 19.3 Å². The molecule has 1 atom stereocenters. The number of carbonyl (C=O) groups excluding carboxylic acids is 1. The number of amides is 1. The van der Waals surface area contributed by atoms with Crippen molar-refractivity contribution < 1.29 is 14.3 Å². The molecule has 1 amide bonds. The van der Waals surface area contributed by atoms with Crippen molar-refractivity contribution in [1.29, 1.82) is 0 Å². The summed E-state index contributed by atoms with van der Waals surface area (Å²) in [6, 6.07) is 10.3. The molecule has 2 aliphatic heterocycles. The third-order valence-corrected chi connectivity index (χ3v) is 6.14. The fourth-order valence-electron chi connectivity index (χ4n) is 4.45. The number of likely N-dealkylation sites (tertiary alicyclic amines) is 2. The molecule has 144 valence electrons. The highest BCUT2D eigenvalue weighted by atomic mass is 16.5. The van der Waals surface area contributed by atoms with Gasteiger partial charge in [0, 0.05) is 39.6 Å². The molecule has 2 fully saturated rings. The molecular formula is C21H32N2O3. The van der Waals surface area contributed by atoms with Crippen LogP contribution in [0.1, 0.15) is 25.3 Å². The molecular weight excluding hydrogens is 328 g/mol. The highest BCUT2D eigenvalue weighted by Crippen LogP contribution is 2.44. The van der Waals surface area contributed by atoms with Gasteiger partial charge in [0.1, 0.15) is 0 Å². The second-order valence-electron chi connectivity index (χ2n) is 7.79. The van der Waals surface area contributed by atoms with E-state index in [2.05, 4.69) is 17.0 Å². The second-order valence-corrected chi connectivity index (χ2v) is 7.79. The third kappa shape index (κ3) is 4.64. The minimum atomic E-state index is 0.194. The van der Waals surface area contributed by atoms with E-state index in [9.17, 15) is 4.79 Å². The first kappa shape index (κ1) is 19.3. The smallest absolute Gasteiger partial charge is 0.219 e. The van der Waals surface area contributed by atoms with E-state index in [1.807, 2.05) is 23.1 Å². The van der Waals surface area contributed by atoms with Crippen molar-refractivity contribution in [3.05, 3.63) is 35.9 Å². The van der Waals surface area contributed by atoms with Crippen molar-refractivity contribution in [2.45, 2.75) is 26.4 Å². The summed E-state index contributed by atoms with van der Waals surface area (Å²) in [4.78, 5) is 16.3. The van der Waals surface area contributed by atoms with Gasteiger partial charge in [-0.3, -0.25) is 4.79 Å². The molecule has 1 spiro atoms. The highest BCUT2D eigenvalue weighted by molar-refractivity contribution is 5.73. The second kappa shape index (κ2) is 8.98. The van der Waals surface area contributed by atoms with Crippen LogP contribution in [0.3, 0.4) is 0 Å². The van der Waals surface area contributed by atoms with Crippen LogP contribution >= 0.6 is 0 Å². The quantitative estimate of drug-likeness (QED) is 0.701. The summed E-state index contributed by atoms with van der Waals surface area (Å²) in [6.45, 7) is 8.78. The number of carbonyl (C=O) groups is 1. The summed E-state index contributed by atoms with van der Waals surface area (Å²) in [6.07, 6.45) is 2.28. The van der Waals surface area contributed by atoms with Crippen LogP contribution < -0.4 is 0 Å². The van der Waals surface area contributed by atoms with E-state index < -0.39 is 0 Å². The number of methoxy groups -OCH3 is 1. The molecule has 5 heteroatoms. The first-order chi connectivity index (χ1) is 12.6. The number of rotatable bonds is 7. The van der Waals surface area contributed by atoms with Crippen LogP contribution in [0.4, 0.5) is 0 Å². The minimum absolute atomic E-state index is 0.194. The van der Waals surface area contributed by atoms with Crippen LogP contribution in [0.25, 0.3) is 0 Å². The number of ether oxygens (including phenoxy) is 2. The summed E-state index contributed by atoms with van der Waals surface area (Å²) in [7, 11) is 1.77. The van der Waals surface area contributed by atoms with E-state index in [1.165, 1.54) is 5.56 Å². The van der Waals surface area contributed by atoms with Crippen LogP contribution in [0.2, 0.25) is 0 Å². The zero-order valence-corrected chi connectivity index (χ0v) is 16.2. The Hall–Kier alpha value is -1.43. The monoisotopic (exact) mass is 360 g/mol. The molecule has 0 bridgehead atoms. The third-order valence-electron chi connectivity index (χ3n) is 6.14. The maximum absolute atomic E-state index is 11.8. The van der Waals surface area contributed by atoms with Gasteiger partial charge >= 0.3 is 0 Å². The Morgan fingerprint density at radius 1 is 1.23 bits per heavy atom. The molecule has 26 heavy (non-hydrogen) atoms. The molecule has 1 aromatic carbocycles. The van der Waals surface area contributed by atoms with E-state index in [1.54, 1.807) is 14.0 Å². The molecule has 2 saturated heterocycles. The van der Waals surface area contributed by atoms with Gasteiger partial charge in [0.15, 0.2) is 0 Å². The molecule has 2 heterocycles. The Labute approximate surface area is 157 Å². The maximum atomic E-state index is 11.8. The first-order valence-electron chi connectivity index (χ1n) is 9.71. The molecule has 0 aromatic heterocycles. The van der Waals surface area contributed by atoms with Crippen molar-refractivity contribution in [3.8, 4) is 0 Å². The average Bonchev–Trinajstić information content (AvgIpc) is 3.00. The Bertz CT molecular complexity index is 570. The minimum Gasteiger partial charge on any atom is -0.384 e. The van der Waals surface area contributed by atoms with E-state index in [0.717, 1.165) is 58.8 Å². The standard InChI is InChI=1S/C21H32N2O3/c1-18(24)23-14-20(16-25-2)21(17-23)8-10-22(11-9-21)12-13-26-15-19-6-4-3-5-7-19/h3-7,20H,8-17H2,1-2H3/t20-/m0/s1. The van der Waals surface area contributed by atoms with E-state index in [0.29, 0.717) is 12.5 Å². The summed E-state index contributed by atoms with van der Waals surface area (Å²) in [5.41, 5.74) is 1.46. The molecule has 3 rings (SSSR count). The Kier molecular flexibility index (Phi) is 6.68. The van der Waals surface area contributed by atoms with Crippen LogP contribution in [-0.4, -0.2) is 68.8 Å². The number of piperidine rings is 1. The van der Waals surface area contributed by atoms with Crippen LogP contribution in [0.15, 0.2) is 30.3 Å². The summed E-state index contributed by atoms with van der Waals surface area (Å²) >= 11 is 0. The predicted octanol–water partition coefficient (Wildman–Crippen LogP) is 2.41. The Balaban J connectivity index is 1.43. The van der Waals surface area contributed by atoms with Crippen molar-refractivity contribution in [1.82, 2.24) is 9.80 Å². The molecule has 0 N–H and O–H groups in total. The highest BCUT2D eigenvalue weighted by Gasteiger charge is 2.48. The lowest BCUT2D eigenvalue weighted by molar-refractivity contribution is -0.128. The van der Waals surface area contributed by atoms with Gasteiger partial charge in [-0.2, -0.15) is 0 Å². The Morgan fingerprint density at radius 2 is 1.96 bits per heavy atom. The van der Waals surface area contributed by atoms with E-state index >= 15 is 0 Å². The van der Waals surface area contributed by atoms with Crippen molar-refractivity contribution in [2.24, 2.45) is 11.3 Å². The summed E-state index contributed by atoms with van der Waals surface area (Å²) in [5, 5.41) is 0. The van der Waals surface area contributed by atoms with Crippen molar-refractivity contribution in [2.75, 3.05) is 53.0 Å². The van der Waals surface area contributed by atoms with E-state index in [4.69, 9.17) is 9.47 Å². The lowest BCUT2D eigenvalue weighted by Gasteiger charge is -2.42. The van der Waals surface area contributed by atoms with Gasteiger partial charge in [-0.05, 0) is 36.9 Å². The fourth-order valence-corrected chi connectivity index (χ4v) is 4.45. The molecule has 1 aromatic rings. The van der Waals surface area contributed by atoms with Gasteiger partial charge in [0.05, 0.1) is 19.8 Å². The fraction of sp³-hybridized carbons (Fsp3) is 0.667. The zero-order valence-electron chi connectivity index (χ0n) is 16.2. The molecule has 0 radical (unpaired) electrons. The number of hydrogen-bond acceptors (Lipinski definition) is 4. The number of nitrogens with zero attached hydrogens (tertiary/aromatic N) is 2. The molecule has 2 aliphatic rings. The van der Waals surface area contributed by atoms with Gasteiger partial charge in [-0.1, -0.05) is 30.3 Å². The average molecular weight is 360 g/mol. The zero-order chi connectivity index (χ0) is 18.4. The molecule has 5 nitrogen and oxygen atoms in total. The molecule has 0 saturated carbocycles. The van der Waals surface area contributed by atoms with Crippen LogP contribution in [-0.2, 0) is 20.9 Å². The van der Waals surface area contributed by atoms with Gasteiger partial charge in [-0.15, -0.1) is 0 Å². The van der Waals surface area contributed by atoms with Gasteiger partial charge in [0.25, 0.3) is 0 Å². The lowest BCUT2D eigenvalue weighted by Crippen LogP contribution is -2.46. The maximum Gasteiger partial charge on any atom is 0.219 e. The predicted molar refractivity (Wildman–Crippen MR) is 102 cm³/mol. The lowest BCUT2D eigenvalue weighted by atomic mass is 9.71.